The molecule has 0 bridgehead atoms. The monoisotopic (exact) mass is 417 g/mol. The molecule has 0 saturated heterocycles. The molecular formula is C24H27N5O2. The Kier molecular flexibility index (Phi) is 6.55. The molecule has 0 unspecified atom stereocenters. The van der Waals surface area contributed by atoms with Gasteiger partial charge in [-0.1, -0.05) is 13.8 Å². The van der Waals surface area contributed by atoms with Crippen molar-refractivity contribution in [2.24, 2.45) is 0 Å². The smallest absolute Gasteiger partial charge is 0.335 e. The van der Waals surface area contributed by atoms with Crippen LogP contribution in [0, 0.1) is 0 Å². The van der Waals surface area contributed by atoms with E-state index < -0.39 is 5.97 Å². The van der Waals surface area contributed by atoms with E-state index in [4.69, 9.17) is 10.8 Å². The molecule has 0 spiro atoms. The van der Waals surface area contributed by atoms with Crippen molar-refractivity contribution < 1.29 is 9.90 Å². The number of nitrogens with one attached hydrogen (secondary N) is 1. The topological polar surface area (TPSA) is 108 Å². The van der Waals surface area contributed by atoms with Crippen LogP contribution < -0.4 is 10.6 Å². The van der Waals surface area contributed by atoms with Crippen LogP contribution in [-0.4, -0.2) is 40.1 Å². The van der Waals surface area contributed by atoms with Crippen LogP contribution in [0.4, 0.5) is 11.4 Å². The zero-order valence-electron chi connectivity index (χ0n) is 18.1. The van der Waals surface area contributed by atoms with E-state index in [9.17, 15) is 4.79 Å². The molecular weight excluding hydrogens is 390 g/mol. The fourth-order valence-electron chi connectivity index (χ4n) is 2.96. The summed E-state index contributed by atoms with van der Waals surface area (Å²) in [5, 5.41) is 9.01. The summed E-state index contributed by atoms with van der Waals surface area (Å²) in [5.41, 5.74) is 11.1. The lowest BCUT2D eigenvalue weighted by molar-refractivity contribution is 0.0697. The maximum atomic E-state index is 11.0. The number of anilines is 2. The molecule has 0 fully saturated rings. The van der Waals surface area contributed by atoms with Crippen molar-refractivity contribution in [2.75, 3.05) is 24.7 Å². The number of H-pyrrole nitrogens is 1. The van der Waals surface area contributed by atoms with Gasteiger partial charge in [-0.3, -0.25) is 4.98 Å². The van der Waals surface area contributed by atoms with E-state index in [-0.39, 0.29) is 5.56 Å². The highest BCUT2D eigenvalue weighted by Gasteiger charge is 2.09. The van der Waals surface area contributed by atoms with E-state index in [1.165, 1.54) is 0 Å². The quantitative estimate of drug-likeness (QED) is 0.441. The summed E-state index contributed by atoms with van der Waals surface area (Å²) < 4.78 is 0. The molecule has 4 N–H and O–H groups in total. The molecule has 4 rings (SSSR count). The van der Waals surface area contributed by atoms with Gasteiger partial charge in [-0.05, 0) is 60.5 Å². The van der Waals surface area contributed by atoms with E-state index in [1.807, 2.05) is 55.4 Å². The number of pyridine rings is 1. The Hall–Kier alpha value is -3.87. The average molecular weight is 418 g/mol. The molecule has 2 heterocycles. The third-order valence-electron chi connectivity index (χ3n) is 4.79. The van der Waals surface area contributed by atoms with Gasteiger partial charge in [-0.25, -0.2) is 9.78 Å². The minimum absolute atomic E-state index is 0.251. The number of imidazole rings is 1. The first-order valence-electron chi connectivity index (χ1n) is 9.97. The summed E-state index contributed by atoms with van der Waals surface area (Å²) in [6, 6.07) is 16.7. The van der Waals surface area contributed by atoms with Crippen molar-refractivity contribution >= 4 is 28.4 Å². The second kappa shape index (κ2) is 9.30. The zero-order valence-corrected chi connectivity index (χ0v) is 18.1. The highest BCUT2D eigenvalue weighted by Crippen LogP contribution is 2.23. The van der Waals surface area contributed by atoms with Gasteiger partial charge in [0.25, 0.3) is 0 Å². The summed E-state index contributed by atoms with van der Waals surface area (Å²) in [4.78, 5) is 24.8. The van der Waals surface area contributed by atoms with Crippen molar-refractivity contribution in [1.82, 2.24) is 15.0 Å². The lowest BCUT2D eigenvalue weighted by Gasteiger charge is -2.11. The van der Waals surface area contributed by atoms with Gasteiger partial charge in [-0.15, -0.1) is 0 Å². The normalized spacial score (nSPS) is 10.6. The summed E-state index contributed by atoms with van der Waals surface area (Å²) in [7, 11) is 3.98. The first-order valence-corrected chi connectivity index (χ1v) is 9.97. The number of carboxylic acids is 1. The molecule has 0 aliphatic carbocycles. The lowest BCUT2D eigenvalue weighted by Crippen LogP contribution is -2.07. The summed E-state index contributed by atoms with van der Waals surface area (Å²) in [5.74, 6) is 0.279. The fraction of sp³-hybridized carbons (Fsp3) is 0.208. The van der Waals surface area contributed by atoms with Gasteiger partial charge < -0.3 is 20.7 Å². The number of nitrogens with zero attached hydrogens (tertiary/aromatic N) is 3. The Balaban J connectivity index is 0.000000229. The van der Waals surface area contributed by atoms with Gasteiger partial charge in [0.05, 0.1) is 28.5 Å². The van der Waals surface area contributed by atoms with E-state index in [0.717, 1.165) is 39.5 Å². The molecule has 0 radical (unpaired) electrons. The Labute approximate surface area is 181 Å². The Morgan fingerprint density at radius 1 is 1.06 bits per heavy atom. The molecule has 0 atom stereocenters. The third kappa shape index (κ3) is 5.39. The number of nitrogen functional groups attached to an aromatic ring is 1. The van der Waals surface area contributed by atoms with Crippen molar-refractivity contribution in [1.29, 1.82) is 0 Å². The maximum Gasteiger partial charge on any atom is 0.335 e. The van der Waals surface area contributed by atoms with Gasteiger partial charge >= 0.3 is 5.97 Å². The number of rotatable bonds is 4. The predicted octanol–water partition coefficient (Wildman–Crippen LogP) is 4.78. The average Bonchev–Trinajstić information content (AvgIpc) is 3.18. The summed E-state index contributed by atoms with van der Waals surface area (Å²) in [6.07, 6.45) is 1.69. The number of carboxylic acid groups (broad SMARTS) is 1. The van der Waals surface area contributed by atoms with E-state index in [1.54, 1.807) is 24.4 Å². The molecule has 0 amide bonds. The molecule has 0 aliphatic rings. The fourth-order valence-corrected chi connectivity index (χ4v) is 2.96. The standard InChI is InChI=1S/C16H15N3O2.C8H12N2/c1-19(2)12-6-3-10(4-7-12)15-17-13-8-5-11(16(20)21)9-14(13)18-15;1-6(2)8-4-3-7(9)5-10-8/h3-9H,1-2H3,(H,17,18)(H,20,21);3-6H,9H2,1-2H3. The molecule has 7 heteroatoms. The SMILES string of the molecule is CC(C)c1ccc(N)cn1.CN(C)c1ccc(-c2nc3ccc(C(=O)O)cc3[nH]2)cc1. The van der Waals surface area contributed by atoms with E-state index in [2.05, 4.69) is 28.8 Å². The minimum Gasteiger partial charge on any atom is -0.478 e. The molecule has 7 nitrogen and oxygen atoms in total. The van der Waals surface area contributed by atoms with Crippen LogP contribution >= 0.6 is 0 Å². The number of carbonyl (C=O) groups is 1. The van der Waals surface area contributed by atoms with Gasteiger partial charge in [0.2, 0.25) is 0 Å². The molecule has 31 heavy (non-hydrogen) atoms. The lowest BCUT2D eigenvalue weighted by atomic mass is 10.1. The predicted molar refractivity (Wildman–Crippen MR) is 126 cm³/mol. The van der Waals surface area contributed by atoms with E-state index >= 15 is 0 Å². The number of hydrogen-bond donors (Lipinski definition) is 3. The molecule has 160 valence electrons. The highest BCUT2D eigenvalue weighted by molar-refractivity contribution is 5.93. The van der Waals surface area contributed by atoms with Crippen molar-refractivity contribution in [3.8, 4) is 11.4 Å². The summed E-state index contributed by atoms with van der Waals surface area (Å²) >= 11 is 0. The second-order valence-electron chi connectivity index (χ2n) is 7.73. The van der Waals surface area contributed by atoms with Gasteiger partial charge in [-0.2, -0.15) is 0 Å². The molecule has 2 aromatic heterocycles. The zero-order chi connectivity index (χ0) is 22.5. The molecule has 4 aromatic rings. The number of aromatic nitrogens is 3. The number of aromatic carboxylic acids is 1. The Bertz CT molecular complexity index is 1160. The molecule has 0 saturated carbocycles. The van der Waals surface area contributed by atoms with Crippen LogP contribution in [0.15, 0.2) is 60.8 Å². The van der Waals surface area contributed by atoms with Crippen LogP contribution in [0.3, 0.4) is 0 Å². The van der Waals surface area contributed by atoms with Crippen LogP contribution in [0.2, 0.25) is 0 Å². The Morgan fingerprint density at radius 2 is 1.77 bits per heavy atom. The second-order valence-corrected chi connectivity index (χ2v) is 7.73. The van der Waals surface area contributed by atoms with Gasteiger partial charge in [0, 0.05) is 31.0 Å². The van der Waals surface area contributed by atoms with Crippen LogP contribution in [0.1, 0.15) is 35.8 Å². The number of benzene rings is 2. The number of nitrogens with two attached hydrogens (primary N) is 1. The van der Waals surface area contributed by atoms with Gasteiger partial charge in [0.15, 0.2) is 0 Å². The number of aromatic amines is 1. The van der Waals surface area contributed by atoms with Crippen LogP contribution in [0.25, 0.3) is 22.4 Å². The highest BCUT2D eigenvalue weighted by atomic mass is 16.4. The summed E-state index contributed by atoms with van der Waals surface area (Å²) in [6.45, 7) is 4.22. The van der Waals surface area contributed by atoms with Crippen molar-refractivity contribution in [3.63, 3.8) is 0 Å². The van der Waals surface area contributed by atoms with Crippen LogP contribution in [0.5, 0.6) is 0 Å². The maximum absolute atomic E-state index is 11.0. The van der Waals surface area contributed by atoms with Crippen molar-refractivity contribution in [2.45, 2.75) is 19.8 Å². The Morgan fingerprint density at radius 3 is 2.32 bits per heavy atom. The minimum atomic E-state index is -0.941. The number of hydrogen-bond acceptors (Lipinski definition) is 5. The van der Waals surface area contributed by atoms with Crippen molar-refractivity contribution in [3.05, 3.63) is 72.1 Å². The largest absolute Gasteiger partial charge is 0.478 e. The van der Waals surface area contributed by atoms with Gasteiger partial charge in [0.1, 0.15) is 5.82 Å². The van der Waals surface area contributed by atoms with Crippen LogP contribution in [-0.2, 0) is 0 Å². The third-order valence-corrected chi connectivity index (χ3v) is 4.79. The van der Waals surface area contributed by atoms with E-state index in [0.29, 0.717) is 5.92 Å². The number of fused-ring (bicyclic) bond motifs is 1. The molecule has 2 aromatic carbocycles. The first kappa shape index (κ1) is 21.8. The first-order chi connectivity index (χ1) is 14.7. The molecule has 0 aliphatic heterocycles.